The Balaban J connectivity index is 1.38. The fourth-order valence-electron chi connectivity index (χ4n) is 3.45. The van der Waals surface area contributed by atoms with E-state index in [2.05, 4.69) is 10.9 Å². The molecule has 0 spiro atoms. The smallest absolute Gasteiger partial charge is 0.283 e. The van der Waals surface area contributed by atoms with E-state index in [1.807, 2.05) is 6.92 Å². The Hall–Kier alpha value is -4.05. The Morgan fingerprint density at radius 3 is 2.29 bits per heavy atom. The van der Waals surface area contributed by atoms with Crippen LogP contribution in [0.4, 0.5) is 5.69 Å². The molecule has 0 saturated heterocycles. The zero-order valence-corrected chi connectivity index (χ0v) is 19.8. The highest BCUT2D eigenvalue weighted by Gasteiger charge is 2.28. The first-order chi connectivity index (χ1) is 16.8. The lowest BCUT2D eigenvalue weighted by atomic mass is 10.2. The number of carbonyl (C=O) groups excluding carboxylic acids is 2. The second-order valence-corrected chi connectivity index (χ2v) is 9.74. The highest BCUT2D eigenvalue weighted by Crippen LogP contribution is 2.30. The van der Waals surface area contributed by atoms with Crippen molar-refractivity contribution in [1.82, 2.24) is 10.9 Å². The minimum absolute atomic E-state index is 0.00467. The molecule has 0 aromatic heterocycles. The van der Waals surface area contributed by atoms with Gasteiger partial charge in [-0.15, -0.1) is 0 Å². The lowest BCUT2D eigenvalue weighted by Gasteiger charge is -2.26. The monoisotopic (exact) mass is 495 g/mol. The molecule has 1 atom stereocenters. The van der Waals surface area contributed by atoms with Crippen LogP contribution in [0.5, 0.6) is 11.5 Å². The van der Waals surface area contributed by atoms with E-state index in [0.29, 0.717) is 17.2 Å². The summed E-state index contributed by atoms with van der Waals surface area (Å²) in [6.45, 7) is 1.74. The van der Waals surface area contributed by atoms with E-state index in [1.165, 1.54) is 16.4 Å². The second-order valence-electron chi connectivity index (χ2n) is 7.88. The van der Waals surface area contributed by atoms with Gasteiger partial charge in [0.15, 0.2) is 11.5 Å². The molecular weight excluding hydrogens is 470 g/mol. The molecule has 2 amide bonds. The molecule has 1 unspecified atom stereocenters. The van der Waals surface area contributed by atoms with Crippen molar-refractivity contribution in [2.75, 3.05) is 17.5 Å². The highest BCUT2D eigenvalue weighted by molar-refractivity contribution is 7.92. The molecule has 9 nitrogen and oxygen atoms in total. The number of sulfonamides is 1. The number of aryl methyl sites for hydroxylation is 1. The van der Waals surface area contributed by atoms with Crippen LogP contribution in [0.25, 0.3) is 0 Å². The van der Waals surface area contributed by atoms with Crippen molar-refractivity contribution in [1.29, 1.82) is 0 Å². The average molecular weight is 496 g/mol. The SMILES string of the molecule is Cc1ccc(S(=O)(=O)N(CCC(=O)NNC(=O)C2COc3ccccc3O2)c2ccccc2)cc1. The topological polar surface area (TPSA) is 114 Å². The number of anilines is 1. The number of amides is 2. The molecule has 3 aromatic carbocycles. The summed E-state index contributed by atoms with van der Waals surface area (Å²) in [6, 6.07) is 22.0. The van der Waals surface area contributed by atoms with Gasteiger partial charge in [0.1, 0.15) is 6.61 Å². The van der Waals surface area contributed by atoms with Gasteiger partial charge in [0.25, 0.3) is 15.9 Å². The van der Waals surface area contributed by atoms with Gasteiger partial charge in [-0.25, -0.2) is 8.42 Å². The van der Waals surface area contributed by atoms with Gasteiger partial charge in [-0.05, 0) is 43.3 Å². The van der Waals surface area contributed by atoms with Crippen LogP contribution in [-0.4, -0.2) is 39.5 Å². The van der Waals surface area contributed by atoms with E-state index in [0.717, 1.165) is 5.56 Å². The third-order valence-corrected chi connectivity index (χ3v) is 7.16. The summed E-state index contributed by atoms with van der Waals surface area (Å²) in [5.41, 5.74) is 5.98. The van der Waals surface area contributed by atoms with Gasteiger partial charge < -0.3 is 9.47 Å². The van der Waals surface area contributed by atoms with Crippen molar-refractivity contribution in [3.05, 3.63) is 84.4 Å². The largest absolute Gasteiger partial charge is 0.485 e. The summed E-state index contributed by atoms with van der Waals surface area (Å²) in [7, 11) is -3.91. The fourth-order valence-corrected chi connectivity index (χ4v) is 4.91. The molecule has 0 bridgehead atoms. The lowest BCUT2D eigenvalue weighted by Crippen LogP contribution is -2.51. The number of nitrogens with one attached hydrogen (secondary N) is 2. The molecule has 0 saturated carbocycles. The molecule has 35 heavy (non-hydrogen) atoms. The third-order valence-electron chi connectivity index (χ3n) is 5.32. The van der Waals surface area contributed by atoms with Crippen LogP contribution >= 0.6 is 0 Å². The van der Waals surface area contributed by atoms with E-state index >= 15 is 0 Å². The molecule has 182 valence electrons. The maximum Gasteiger partial charge on any atom is 0.283 e. The molecule has 10 heteroatoms. The Bertz CT molecular complexity index is 1300. The van der Waals surface area contributed by atoms with Gasteiger partial charge >= 0.3 is 0 Å². The van der Waals surface area contributed by atoms with Crippen molar-refractivity contribution in [2.24, 2.45) is 0 Å². The zero-order valence-electron chi connectivity index (χ0n) is 19.0. The minimum Gasteiger partial charge on any atom is -0.485 e. The van der Waals surface area contributed by atoms with Gasteiger partial charge in [0.05, 0.1) is 10.6 Å². The normalized spacial score (nSPS) is 14.6. The van der Waals surface area contributed by atoms with E-state index in [4.69, 9.17) is 9.47 Å². The number of rotatable bonds is 7. The quantitative estimate of drug-likeness (QED) is 0.487. The number of benzene rings is 3. The van der Waals surface area contributed by atoms with Crippen molar-refractivity contribution in [3.8, 4) is 11.5 Å². The molecule has 1 heterocycles. The molecule has 0 aliphatic carbocycles. The van der Waals surface area contributed by atoms with Crippen molar-refractivity contribution < 1.29 is 27.5 Å². The molecule has 1 aliphatic rings. The molecule has 3 aromatic rings. The summed E-state index contributed by atoms with van der Waals surface area (Å²) >= 11 is 0. The summed E-state index contributed by atoms with van der Waals surface area (Å²) in [5, 5.41) is 0. The number of hydrazine groups is 1. The van der Waals surface area contributed by atoms with Gasteiger partial charge in [0.2, 0.25) is 12.0 Å². The Kier molecular flexibility index (Phi) is 7.21. The van der Waals surface area contributed by atoms with Crippen LogP contribution in [0.1, 0.15) is 12.0 Å². The van der Waals surface area contributed by atoms with Crippen LogP contribution < -0.4 is 24.6 Å². The Labute approximate surface area is 203 Å². The molecule has 1 aliphatic heterocycles. The van der Waals surface area contributed by atoms with Crippen LogP contribution in [0, 0.1) is 6.92 Å². The zero-order chi connectivity index (χ0) is 24.8. The summed E-state index contributed by atoms with van der Waals surface area (Å²) in [5.74, 6) is -0.169. The molecule has 2 N–H and O–H groups in total. The van der Waals surface area contributed by atoms with E-state index < -0.39 is 27.9 Å². The number of ether oxygens (including phenoxy) is 2. The predicted octanol–water partition coefficient (Wildman–Crippen LogP) is 2.57. The maximum absolute atomic E-state index is 13.3. The Morgan fingerprint density at radius 1 is 0.914 bits per heavy atom. The maximum atomic E-state index is 13.3. The standard InChI is InChI=1S/C25H25N3O6S/c1-18-11-13-20(14-12-18)35(31,32)28(19-7-3-2-4-8-19)16-15-24(29)26-27-25(30)23-17-33-21-9-5-6-10-22(21)34-23/h2-14,23H,15-17H2,1H3,(H,26,29)(H,27,30). The van der Waals surface area contributed by atoms with Crippen molar-refractivity contribution in [3.63, 3.8) is 0 Å². The van der Waals surface area contributed by atoms with Gasteiger partial charge in [-0.3, -0.25) is 24.7 Å². The molecular formula is C25H25N3O6S. The van der Waals surface area contributed by atoms with Crippen molar-refractivity contribution in [2.45, 2.75) is 24.3 Å². The van der Waals surface area contributed by atoms with Crippen LogP contribution in [0.3, 0.4) is 0 Å². The van der Waals surface area contributed by atoms with Crippen LogP contribution in [0.2, 0.25) is 0 Å². The van der Waals surface area contributed by atoms with Crippen molar-refractivity contribution >= 4 is 27.5 Å². The molecule has 0 radical (unpaired) electrons. The highest BCUT2D eigenvalue weighted by atomic mass is 32.2. The van der Waals surface area contributed by atoms with Gasteiger partial charge in [-0.2, -0.15) is 0 Å². The summed E-state index contributed by atoms with van der Waals surface area (Å²) in [4.78, 5) is 25.0. The summed E-state index contributed by atoms with van der Waals surface area (Å²) in [6.07, 6.45) is -1.13. The minimum atomic E-state index is -3.91. The van der Waals surface area contributed by atoms with E-state index in [-0.39, 0.29) is 24.5 Å². The number of para-hydroxylation sites is 3. The van der Waals surface area contributed by atoms with Gasteiger partial charge in [-0.1, -0.05) is 48.0 Å². The van der Waals surface area contributed by atoms with Crippen LogP contribution in [0.15, 0.2) is 83.8 Å². The number of nitrogens with zero attached hydrogens (tertiary/aromatic N) is 1. The lowest BCUT2D eigenvalue weighted by molar-refractivity contribution is -0.135. The van der Waals surface area contributed by atoms with Gasteiger partial charge in [0, 0.05) is 13.0 Å². The first kappa shape index (κ1) is 24.1. The fraction of sp³-hybridized carbons (Fsp3) is 0.200. The predicted molar refractivity (Wildman–Crippen MR) is 129 cm³/mol. The van der Waals surface area contributed by atoms with Crippen LogP contribution in [-0.2, 0) is 19.6 Å². The number of hydrogen-bond acceptors (Lipinski definition) is 6. The Morgan fingerprint density at radius 2 is 1.57 bits per heavy atom. The number of carbonyl (C=O) groups is 2. The average Bonchev–Trinajstić information content (AvgIpc) is 2.88. The first-order valence-corrected chi connectivity index (χ1v) is 12.4. The number of fused-ring (bicyclic) bond motifs is 1. The second kappa shape index (κ2) is 10.5. The molecule has 0 fully saturated rings. The first-order valence-electron chi connectivity index (χ1n) is 11.0. The number of hydrogen-bond donors (Lipinski definition) is 2. The third kappa shape index (κ3) is 5.72. The van der Waals surface area contributed by atoms with E-state index in [1.54, 1.807) is 66.7 Å². The van der Waals surface area contributed by atoms with E-state index in [9.17, 15) is 18.0 Å². The summed E-state index contributed by atoms with van der Waals surface area (Å²) < 4.78 is 38.9. The molecule has 4 rings (SSSR count).